The molecule has 0 aliphatic heterocycles. The van der Waals surface area contributed by atoms with Crippen LogP contribution in [0.1, 0.15) is 12.0 Å². The Morgan fingerprint density at radius 1 is 0.889 bits per heavy atom. The minimum Gasteiger partial charge on any atom is -0.385 e. The van der Waals surface area contributed by atoms with Crippen molar-refractivity contribution in [2.24, 2.45) is 0 Å². The summed E-state index contributed by atoms with van der Waals surface area (Å²) in [5.74, 6) is 0. The summed E-state index contributed by atoms with van der Waals surface area (Å²) in [6, 6.07) is 18.4. The minimum atomic E-state index is 0. The number of hydrogen-bond donors (Lipinski definition) is 1. The van der Waals surface area contributed by atoms with Crippen molar-refractivity contribution in [3.63, 3.8) is 0 Å². The molecule has 0 saturated heterocycles. The molecule has 0 spiro atoms. The van der Waals surface area contributed by atoms with Gasteiger partial charge in [0.05, 0.1) is 0 Å². The van der Waals surface area contributed by atoms with Gasteiger partial charge in [0.25, 0.3) is 0 Å². The van der Waals surface area contributed by atoms with Crippen LogP contribution in [0.5, 0.6) is 0 Å². The van der Waals surface area contributed by atoms with Crippen LogP contribution in [0.3, 0.4) is 0 Å². The minimum absolute atomic E-state index is 0. The first-order valence-electron chi connectivity index (χ1n) is 5.88. The molecule has 0 amide bonds. The Labute approximate surface area is 120 Å². The van der Waals surface area contributed by atoms with E-state index in [4.69, 9.17) is 11.6 Å². The van der Waals surface area contributed by atoms with Gasteiger partial charge in [-0.05, 0) is 42.7 Å². The van der Waals surface area contributed by atoms with Crippen LogP contribution >= 0.6 is 24.0 Å². The molecule has 2 rings (SSSR count). The molecule has 1 nitrogen and oxygen atoms in total. The monoisotopic (exact) mass is 281 g/mol. The van der Waals surface area contributed by atoms with Crippen molar-refractivity contribution < 1.29 is 0 Å². The van der Waals surface area contributed by atoms with E-state index in [9.17, 15) is 0 Å². The maximum absolute atomic E-state index is 5.83. The van der Waals surface area contributed by atoms with E-state index < -0.39 is 0 Å². The standard InChI is InChI=1S/C15H16ClN.ClH/c16-14-8-10-15(11-9-14)17-12-4-7-13-5-2-1-3-6-13;/h1-3,5-6,8-11,17H,4,7,12H2;1H. The van der Waals surface area contributed by atoms with Gasteiger partial charge in [0, 0.05) is 17.3 Å². The second-order valence-electron chi connectivity index (χ2n) is 4.02. The van der Waals surface area contributed by atoms with Gasteiger partial charge in [-0.1, -0.05) is 41.9 Å². The highest BCUT2D eigenvalue weighted by atomic mass is 35.5. The van der Waals surface area contributed by atoms with Crippen LogP contribution in [0.4, 0.5) is 5.69 Å². The van der Waals surface area contributed by atoms with Crippen molar-refractivity contribution in [2.45, 2.75) is 12.8 Å². The first-order valence-corrected chi connectivity index (χ1v) is 6.26. The van der Waals surface area contributed by atoms with Gasteiger partial charge >= 0.3 is 0 Å². The smallest absolute Gasteiger partial charge is 0.0407 e. The van der Waals surface area contributed by atoms with Crippen LogP contribution < -0.4 is 5.32 Å². The van der Waals surface area contributed by atoms with E-state index in [1.807, 2.05) is 24.3 Å². The molecule has 2 aromatic rings. The first kappa shape index (κ1) is 14.9. The highest BCUT2D eigenvalue weighted by Gasteiger charge is 1.93. The molecule has 3 heteroatoms. The third-order valence-corrected chi connectivity index (χ3v) is 2.91. The number of anilines is 1. The van der Waals surface area contributed by atoms with Crippen molar-refractivity contribution in [1.82, 2.24) is 0 Å². The van der Waals surface area contributed by atoms with Gasteiger partial charge in [0.15, 0.2) is 0 Å². The van der Waals surface area contributed by atoms with Crippen molar-refractivity contribution >= 4 is 29.7 Å². The molecule has 0 unspecified atom stereocenters. The fourth-order valence-electron chi connectivity index (χ4n) is 1.74. The van der Waals surface area contributed by atoms with Crippen molar-refractivity contribution in [3.8, 4) is 0 Å². The van der Waals surface area contributed by atoms with Crippen LogP contribution in [0.15, 0.2) is 54.6 Å². The predicted octanol–water partition coefficient (Wildman–Crippen LogP) is 4.81. The van der Waals surface area contributed by atoms with Crippen LogP contribution in [0.2, 0.25) is 5.02 Å². The lowest BCUT2D eigenvalue weighted by atomic mass is 10.1. The van der Waals surface area contributed by atoms with Gasteiger partial charge in [0.2, 0.25) is 0 Å². The molecule has 0 saturated carbocycles. The van der Waals surface area contributed by atoms with Crippen molar-refractivity contribution in [2.75, 3.05) is 11.9 Å². The zero-order valence-electron chi connectivity index (χ0n) is 10.1. The summed E-state index contributed by atoms with van der Waals surface area (Å²) in [5, 5.41) is 4.16. The summed E-state index contributed by atoms with van der Waals surface area (Å²) in [4.78, 5) is 0. The zero-order chi connectivity index (χ0) is 11.9. The van der Waals surface area contributed by atoms with Gasteiger partial charge < -0.3 is 5.32 Å². The molecule has 1 N–H and O–H groups in total. The lowest BCUT2D eigenvalue weighted by Gasteiger charge is -2.06. The molecular formula is C15H17Cl2N. The van der Waals surface area contributed by atoms with E-state index in [-0.39, 0.29) is 12.4 Å². The normalized spacial score (nSPS) is 9.61. The highest BCUT2D eigenvalue weighted by molar-refractivity contribution is 6.30. The Bertz CT molecular complexity index is 440. The molecule has 0 radical (unpaired) electrons. The molecule has 2 aromatic carbocycles. The molecule has 0 aliphatic rings. The highest BCUT2D eigenvalue weighted by Crippen LogP contribution is 2.13. The molecule has 0 atom stereocenters. The summed E-state index contributed by atoms with van der Waals surface area (Å²) in [5.41, 5.74) is 2.52. The van der Waals surface area contributed by atoms with E-state index in [0.29, 0.717) is 0 Å². The number of benzene rings is 2. The van der Waals surface area contributed by atoms with Crippen LogP contribution in [-0.4, -0.2) is 6.54 Å². The van der Waals surface area contributed by atoms with Gasteiger partial charge in [-0.25, -0.2) is 0 Å². The van der Waals surface area contributed by atoms with Crippen molar-refractivity contribution in [1.29, 1.82) is 0 Å². The second kappa shape index (κ2) is 8.02. The van der Waals surface area contributed by atoms with E-state index in [0.717, 1.165) is 30.1 Å². The van der Waals surface area contributed by atoms with Gasteiger partial charge in [-0.3, -0.25) is 0 Å². The third-order valence-electron chi connectivity index (χ3n) is 2.66. The Morgan fingerprint density at radius 2 is 1.56 bits per heavy atom. The fourth-order valence-corrected chi connectivity index (χ4v) is 1.86. The molecule has 18 heavy (non-hydrogen) atoms. The first-order chi connectivity index (χ1) is 8.34. The van der Waals surface area contributed by atoms with E-state index in [1.165, 1.54) is 5.56 Å². The quantitative estimate of drug-likeness (QED) is 0.776. The van der Waals surface area contributed by atoms with Gasteiger partial charge in [0.1, 0.15) is 0 Å². The van der Waals surface area contributed by atoms with Crippen molar-refractivity contribution in [3.05, 3.63) is 65.2 Å². The number of aryl methyl sites for hydroxylation is 1. The van der Waals surface area contributed by atoms with E-state index in [2.05, 4.69) is 35.6 Å². The summed E-state index contributed by atoms with van der Waals surface area (Å²) >= 11 is 5.83. The summed E-state index contributed by atoms with van der Waals surface area (Å²) in [6.45, 7) is 0.983. The average Bonchev–Trinajstić information content (AvgIpc) is 2.38. The maximum atomic E-state index is 5.83. The SMILES string of the molecule is Cl.Clc1ccc(NCCCc2ccccc2)cc1. The molecule has 0 bridgehead atoms. The summed E-state index contributed by atoms with van der Waals surface area (Å²) in [7, 11) is 0. The molecule has 96 valence electrons. The van der Waals surface area contributed by atoms with Gasteiger partial charge in [-0.15, -0.1) is 12.4 Å². The third kappa shape index (κ3) is 4.99. The van der Waals surface area contributed by atoms with E-state index in [1.54, 1.807) is 0 Å². The topological polar surface area (TPSA) is 12.0 Å². The Balaban J connectivity index is 0.00000162. The van der Waals surface area contributed by atoms with Crippen LogP contribution in [0.25, 0.3) is 0 Å². The number of hydrogen-bond acceptors (Lipinski definition) is 1. The summed E-state index contributed by atoms with van der Waals surface area (Å²) in [6.07, 6.45) is 2.24. The Hall–Kier alpha value is -1.18. The predicted molar refractivity (Wildman–Crippen MR) is 82.0 cm³/mol. The Morgan fingerprint density at radius 3 is 2.22 bits per heavy atom. The van der Waals surface area contributed by atoms with Crippen LogP contribution in [0, 0.1) is 0 Å². The maximum Gasteiger partial charge on any atom is 0.0407 e. The molecule has 0 heterocycles. The zero-order valence-corrected chi connectivity index (χ0v) is 11.7. The lowest BCUT2D eigenvalue weighted by molar-refractivity contribution is 0.863. The Kier molecular flexibility index (Phi) is 6.63. The average molecular weight is 282 g/mol. The number of nitrogens with one attached hydrogen (secondary N) is 1. The van der Waals surface area contributed by atoms with Gasteiger partial charge in [-0.2, -0.15) is 0 Å². The largest absolute Gasteiger partial charge is 0.385 e. The molecule has 0 aromatic heterocycles. The molecular weight excluding hydrogens is 265 g/mol. The molecule has 0 fully saturated rings. The van der Waals surface area contributed by atoms with Crippen LogP contribution in [-0.2, 0) is 6.42 Å². The fraction of sp³-hybridized carbons (Fsp3) is 0.200. The lowest BCUT2D eigenvalue weighted by Crippen LogP contribution is -2.02. The molecule has 0 aliphatic carbocycles. The second-order valence-corrected chi connectivity index (χ2v) is 4.46. The number of halogens is 2. The van der Waals surface area contributed by atoms with E-state index >= 15 is 0 Å². The summed E-state index contributed by atoms with van der Waals surface area (Å²) < 4.78 is 0. The number of rotatable bonds is 5.